The lowest BCUT2D eigenvalue weighted by Crippen LogP contribution is -2.19. The summed E-state index contributed by atoms with van der Waals surface area (Å²) in [7, 11) is 1.51. The van der Waals surface area contributed by atoms with E-state index >= 15 is 0 Å². The first-order valence-corrected chi connectivity index (χ1v) is 8.11. The number of carbonyl (C=O) groups excluding carboxylic acids is 2. The van der Waals surface area contributed by atoms with Crippen LogP contribution in [0.3, 0.4) is 0 Å². The number of aryl methyl sites for hydroxylation is 1. The third-order valence-corrected chi connectivity index (χ3v) is 3.83. The Morgan fingerprint density at radius 1 is 1.23 bits per heavy atom. The Balaban J connectivity index is 2.01. The highest BCUT2D eigenvalue weighted by Crippen LogP contribution is 2.30. The van der Waals surface area contributed by atoms with Crippen LogP contribution < -0.4 is 20.5 Å². The summed E-state index contributed by atoms with van der Waals surface area (Å²) in [6.45, 7) is 1.66. The first kappa shape index (κ1) is 19.3. The topological polar surface area (TPSA) is 90.7 Å². The van der Waals surface area contributed by atoms with E-state index in [0.717, 1.165) is 11.1 Å². The van der Waals surface area contributed by atoms with Crippen molar-refractivity contribution in [2.24, 2.45) is 5.73 Å². The predicted molar refractivity (Wildman–Crippen MR) is 102 cm³/mol. The molecule has 0 heterocycles. The fourth-order valence-electron chi connectivity index (χ4n) is 2.11. The molecule has 0 bridgehead atoms. The van der Waals surface area contributed by atoms with Crippen LogP contribution in [0.15, 0.2) is 42.5 Å². The van der Waals surface area contributed by atoms with E-state index in [1.54, 1.807) is 42.5 Å². The van der Waals surface area contributed by atoms with Crippen molar-refractivity contribution in [3.63, 3.8) is 0 Å². The average molecular weight is 375 g/mol. The number of halogens is 1. The lowest BCUT2D eigenvalue weighted by molar-refractivity contribution is -0.120. The van der Waals surface area contributed by atoms with Crippen molar-refractivity contribution < 1.29 is 19.1 Å². The minimum Gasteiger partial charge on any atom is -0.495 e. The van der Waals surface area contributed by atoms with Crippen LogP contribution >= 0.6 is 11.6 Å². The second-order valence-electron chi connectivity index (χ2n) is 5.45. The Kier molecular flexibility index (Phi) is 6.63. The number of hydrogen-bond donors (Lipinski definition) is 2. The van der Waals surface area contributed by atoms with Crippen molar-refractivity contribution in [1.29, 1.82) is 0 Å². The number of nitrogens with two attached hydrogens (primary N) is 1. The number of benzene rings is 2. The van der Waals surface area contributed by atoms with Crippen LogP contribution in [0, 0.1) is 6.92 Å². The predicted octanol–water partition coefficient (Wildman–Crippen LogP) is 3.17. The van der Waals surface area contributed by atoms with Crippen LogP contribution in [0.2, 0.25) is 5.02 Å². The molecule has 3 N–H and O–H groups in total. The van der Waals surface area contributed by atoms with Crippen LogP contribution in [0.4, 0.5) is 5.69 Å². The van der Waals surface area contributed by atoms with Crippen LogP contribution in [0.5, 0.6) is 11.5 Å². The van der Waals surface area contributed by atoms with E-state index < -0.39 is 5.91 Å². The number of rotatable bonds is 7. The van der Waals surface area contributed by atoms with Gasteiger partial charge in [0.15, 0.2) is 6.61 Å². The number of amides is 2. The van der Waals surface area contributed by atoms with Gasteiger partial charge in [0.2, 0.25) is 5.91 Å². The molecule has 26 heavy (non-hydrogen) atoms. The van der Waals surface area contributed by atoms with E-state index in [9.17, 15) is 9.59 Å². The summed E-state index contributed by atoms with van der Waals surface area (Å²) < 4.78 is 10.4. The van der Waals surface area contributed by atoms with Crippen LogP contribution in [-0.4, -0.2) is 25.5 Å². The van der Waals surface area contributed by atoms with Crippen molar-refractivity contribution in [2.45, 2.75) is 6.92 Å². The summed E-state index contributed by atoms with van der Waals surface area (Å²) in [6.07, 6.45) is 3.06. The van der Waals surface area contributed by atoms with Gasteiger partial charge in [-0.3, -0.25) is 9.59 Å². The van der Waals surface area contributed by atoms with Crippen LogP contribution in [0.25, 0.3) is 6.08 Å². The lowest BCUT2D eigenvalue weighted by Gasteiger charge is -2.11. The number of methoxy groups -OCH3 is 1. The molecule has 0 fully saturated rings. The van der Waals surface area contributed by atoms with Gasteiger partial charge in [-0.1, -0.05) is 23.7 Å². The molecular weight excluding hydrogens is 356 g/mol. The van der Waals surface area contributed by atoms with E-state index in [2.05, 4.69) is 5.32 Å². The molecular formula is C19H19ClN2O4. The SMILES string of the molecule is COc1cc(Cl)c(C)cc1NC(=O)/C=C/c1ccc(OCC(N)=O)cc1. The van der Waals surface area contributed by atoms with E-state index in [-0.39, 0.29) is 12.5 Å². The van der Waals surface area contributed by atoms with Crippen molar-refractivity contribution in [2.75, 3.05) is 19.0 Å². The van der Waals surface area contributed by atoms with Crippen molar-refractivity contribution in [3.05, 3.63) is 58.6 Å². The lowest BCUT2D eigenvalue weighted by atomic mass is 10.2. The summed E-state index contributed by atoms with van der Waals surface area (Å²) in [4.78, 5) is 22.8. The largest absolute Gasteiger partial charge is 0.495 e. The molecule has 0 unspecified atom stereocenters. The smallest absolute Gasteiger partial charge is 0.255 e. The minimum atomic E-state index is -0.543. The van der Waals surface area contributed by atoms with E-state index in [1.807, 2.05) is 6.92 Å². The van der Waals surface area contributed by atoms with E-state index in [0.29, 0.717) is 22.2 Å². The summed E-state index contributed by atoms with van der Waals surface area (Å²) >= 11 is 6.05. The van der Waals surface area contributed by atoms with Gasteiger partial charge in [-0.15, -0.1) is 0 Å². The van der Waals surface area contributed by atoms with Crippen molar-refractivity contribution in [1.82, 2.24) is 0 Å². The zero-order valence-electron chi connectivity index (χ0n) is 14.4. The zero-order valence-corrected chi connectivity index (χ0v) is 15.2. The Morgan fingerprint density at radius 2 is 1.92 bits per heavy atom. The highest BCUT2D eigenvalue weighted by molar-refractivity contribution is 6.31. The number of primary amides is 1. The summed E-state index contributed by atoms with van der Waals surface area (Å²) in [5, 5.41) is 3.32. The highest BCUT2D eigenvalue weighted by Gasteiger charge is 2.08. The maximum Gasteiger partial charge on any atom is 0.255 e. The Bertz CT molecular complexity index is 832. The Hall–Kier alpha value is -2.99. The number of carbonyl (C=O) groups is 2. The third kappa shape index (κ3) is 5.53. The molecule has 7 heteroatoms. The van der Waals surface area contributed by atoms with Gasteiger partial charge in [0.1, 0.15) is 11.5 Å². The summed E-state index contributed by atoms with van der Waals surface area (Å²) in [5.74, 6) is 0.155. The molecule has 0 atom stereocenters. The standard InChI is InChI=1S/C19H19ClN2O4/c1-12-9-16(17(25-2)10-15(12)20)22-19(24)8-5-13-3-6-14(7-4-13)26-11-18(21)23/h3-10H,11H2,1-2H3,(H2,21,23)(H,22,24)/b8-5+. The first-order chi connectivity index (χ1) is 12.4. The highest BCUT2D eigenvalue weighted by atomic mass is 35.5. The molecule has 136 valence electrons. The van der Waals surface area contributed by atoms with Gasteiger partial charge in [-0.05, 0) is 42.3 Å². The molecule has 0 aliphatic carbocycles. The molecule has 0 saturated heterocycles. The molecule has 0 aromatic heterocycles. The quantitative estimate of drug-likeness (QED) is 0.728. The molecule has 2 amide bonds. The van der Waals surface area contributed by atoms with E-state index in [4.69, 9.17) is 26.8 Å². The monoisotopic (exact) mass is 374 g/mol. The fraction of sp³-hybridized carbons (Fsp3) is 0.158. The number of nitrogens with one attached hydrogen (secondary N) is 1. The Labute approximate surface area is 156 Å². The number of ether oxygens (including phenoxy) is 2. The zero-order chi connectivity index (χ0) is 19.1. The molecule has 2 rings (SSSR count). The maximum atomic E-state index is 12.1. The van der Waals surface area contributed by atoms with Gasteiger partial charge in [-0.2, -0.15) is 0 Å². The molecule has 0 aliphatic heterocycles. The maximum absolute atomic E-state index is 12.1. The Morgan fingerprint density at radius 3 is 2.54 bits per heavy atom. The van der Waals surface area contributed by atoms with Crippen LogP contribution in [0.1, 0.15) is 11.1 Å². The summed E-state index contributed by atoms with van der Waals surface area (Å²) in [6, 6.07) is 10.3. The molecule has 2 aromatic carbocycles. The van der Waals surface area contributed by atoms with Gasteiger partial charge in [-0.25, -0.2) is 0 Å². The molecule has 0 aliphatic rings. The van der Waals surface area contributed by atoms with E-state index in [1.165, 1.54) is 13.2 Å². The van der Waals surface area contributed by atoms with Gasteiger partial charge in [0, 0.05) is 17.2 Å². The average Bonchev–Trinajstić information content (AvgIpc) is 2.62. The second kappa shape index (κ2) is 8.92. The molecule has 2 aromatic rings. The van der Waals surface area contributed by atoms with Gasteiger partial charge < -0.3 is 20.5 Å². The van der Waals surface area contributed by atoms with Crippen molar-refractivity contribution in [3.8, 4) is 11.5 Å². The minimum absolute atomic E-state index is 0.181. The molecule has 0 saturated carbocycles. The van der Waals surface area contributed by atoms with Gasteiger partial charge in [0.25, 0.3) is 5.91 Å². The van der Waals surface area contributed by atoms with Gasteiger partial charge >= 0.3 is 0 Å². The normalized spacial score (nSPS) is 10.6. The first-order valence-electron chi connectivity index (χ1n) is 7.73. The third-order valence-electron chi connectivity index (χ3n) is 3.43. The number of anilines is 1. The molecule has 0 spiro atoms. The molecule has 6 nitrogen and oxygen atoms in total. The van der Waals surface area contributed by atoms with Crippen molar-refractivity contribution >= 4 is 35.2 Å². The fourth-order valence-corrected chi connectivity index (χ4v) is 2.26. The molecule has 0 radical (unpaired) electrons. The van der Waals surface area contributed by atoms with Gasteiger partial charge in [0.05, 0.1) is 12.8 Å². The number of hydrogen-bond acceptors (Lipinski definition) is 4. The van der Waals surface area contributed by atoms with Crippen LogP contribution in [-0.2, 0) is 9.59 Å². The summed E-state index contributed by atoms with van der Waals surface area (Å²) in [5.41, 5.74) is 7.19. The second-order valence-corrected chi connectivity index (χ2v) is 5.86.